The van der Waals surface area contributed by atoms with Crippen molar-refractivity contribution in [1.82, 2.24) is 9.80 Å². The lowest BCUT2D eigenvalue weighted by Crippen LogP contribution is -2.45. The molecule has 9 nitrogen and oxygen atoms in total. The zero-order valence-corrected chi connectivity index (χ0v) is 19.3. The number of benzene rings is 1. The van der Waals surface area contributed by atoms with Crippen molar-refractivity contribution in [3.63, 3.8) is 0 Å². The summed E-state index contributed by atoms with van der Waals surface area (Å²) >= 11 is 6.18. The molecule has 1 fully saturated rings. The van der Waals surface area contributed by atoms with Gasteiger partial charge in [0.25, 0.3) is 11.6 Å². The first-order chi connectivity index (χ1) is 15.9. The van der Waals surface area contributed by atoms with Gasteiger partial charge in [0.15, 0.2) is 0 Å². The minimum absolute atomic E-state index is 0.0186. The third kappa shape index (κ3) is 6.79. The van der Waals surface area contributed by atoms with Crippen LogP contribution >= 0.6 is 11.6 Å². The average molecular weight is 478 g/mol. The molecule has 1 atom stereocenters. The molecule has 0 N–H and O–H groups in total. The van der Waals surface area contributed by atoms with E-state index in [4.69, 9.17) is 20.8 Å². The standard InChI is InChI=1S/C23H28ClN3O6/c1-2-3-10-25(23(29)20-9-8-17(27(30)31)13-21(20)24)16-22(28)26(14-18-6-4-11-32-18)15-19-7-5-12-33-19/h4,6,8-9,11,13,19H,2-3,5,7,10,12,14-16H2,1H3. The highest BCUT2D eigenvalue weighted by molar-refractivity contribution is 6.34. The number of nitro groups is 1. The first-order valence-electron chi connectivity index (χ1n) is 11.0. The summed E-state index contributed by atoms with van der Waals surface area (Å²) in [6.45, 7) is 3.58. The molecule has 0 saturated carbocycles. The average Bonchev–Trinajstić information content (AvgIpc) is 3.50. The van der Waals surface area contributed by atoms with Gasteiger partial charge in [0.05, 0.1) is 34.4 Å². The summed E-state index contributed by atoms with van der Waals surface area (Å²) in [7, 11) is 0. The van der Waals surface area contributed by atoms with Gasteiger partial charge in [-0.3, -0.25) is 19.7 Å². The van der Waals surface area contributed by atoms with Crippen LogP contribution in [0.5, 0.6) is 0 Å². The maximum Gasteiger partial charge on any atom is 0.270 e. The second-order valence-electron chi connectivity index (χ2n) is 7.99. The van der Waals surface area contributed by atoms with E-state index in [-0.39, 0.29) is 41.4 Å². The molecule has 0 bridgehead atoms. The van der Waals surface area contributed by atoms with Gasteiger partial charge in [-0.25, -0.2) is 0 Å². The van der Waals surface area contributed by atoms with E-state index < -0.39 is 10.8 Å². The number of nitrogens with zero attached hydrogens (tertiary/aromatic N) is 3. The van der Waals surface area contributed by atoms with Crippen LogP contribution < -0.4 is 0 Å². The van der Waals surface area contributed by atoms with Gasteiger partial charge in [-0.2, -0.15) is 0 Å². The van der Waals surface area contributed by atoms with E-state index in [0.29, 0.717) is 31.9 Å². The fourth-order valence-electron chi connectivity index (χ4n) is 3.71. The van der Waals surface area contributed by atoms with Gasteiger partial charge in [-0.1, -0.05) is 24.9 Å². The third-order valence-corrected chi connectivity index (χ3v) is 5.83. The molecule has 0 aliphatic carbocycles. The maximum atomic E-state index is 13.3. The highest BCUT2D eigenvalue weighted by Gasteiger charge is 2.27. The molecule has 2 aromatic rings. The lowest BCUT2D eigenvalue weighted by Gasteiger charge is -2.29. The van der Waals surface area contributed by atoms with Crippen molar-refractivity contribution in [2.75, 3.05) is 26.2 Å². The molecular formula is C23H28ClN3O6. The summed E-state index contributed by atoms with van der Waals surface area (Å²) in [5.74, 6) is -0.0256. The number of furan rings is 1. The van der Waals surface area contributed by atoms with Crippen LogP contribution in [0.1, 0.15) is 48.7 Å². The Kier molecular flexibility index (Phi) is 8.85. The van der Waals surface area contributed by atoms with Crippen molar-refractivity contribution in [1.29, 1.82) is 0 Å². The number of carbonyl (C=O) groups excluding carboxylic acids is 2. The molecule has 1 aliphatic rings. The number of hydrogen-bond acceptors (Lipinski definition) is 6. The summed E-state index contributed by atoms with van der Waals surface area (Å²) in [6, 6.07) is 7.28. The SMILES string of the molecule is CCCCN(CC(=O)N(Cc1ccco1)CC1CCCO1)C(=O)c1ccc([N+](=O)[O-])cc1Cl. The van der Waals surface area contributed by atoms with E-state index in [0.717, 1.165) is 25.3 Å². The molecule has 1 aromatic carbocycles. The second-order valence-corrected chi connectivity index (χ2v) is 8.40. The van der Waals surface area contributed by atoms with E-state index in [1.165, 1.54) is 17.0 Å². The minimum atomic E-state index is -0.573. The molecule has 10 heteroatoms. The smallest absolute Gasteiger partial charge is 0.270 e. The molecule has 1 aliphatic heterocycles. The van der Waals surface area contributed by atoms with E-state index in [1.54, 1.807) is 23.3 Å². The van der Waals surface area contributed by atoms with Crippen molar-refractivity contribution in [3.8, 4) is 0 Å². The van der Waals surface area contributed by atoms with Crippen LogP contribution in [-0.2, 0) is 16.1 Å². The topological polar surface area (TPSA) is 106 Å². The van der Waals surface area contributed by atoms with Crippen molar-refractivity contribution in [2.24, 2.45) is 0 Å². The summed E-state index contributed by atoms with van der Waals surface area (Å²) in [6.07, 6.45) is 4.86. The van der Waals surface area contributed by atoms with E-state index in [9.17, 15) is 19.7 Å². The van der Waals surface area contributed by atoms with Crippen molar-refractivity contribution in [3.05, 3.63) is 63.1 Å². The Bertz CT molecular complexity index is 959. The largest absolute Gasteiger partial charge is 0.467 e. The van der Waals surface area contributed by atoms with Crippen LogP contribution in [-0.4, -0.2) is 58.9 Å². The number of unbranched alkanes of at least 4 members (excludes halogenated alkanes) is 1. The Balaban J connectivity index is 1.77. The predicted molar refractivity (Wildman–Crippen MR) is 122 cm³/mol. The highest BCUT2D eigenvalue weighted by Crippen LogP contribution is 2.24. The molecule has 0 spiro atoms. The molecule has 33 heavy (non-hydrogen) atoms. The van der Waals surface area contributed by atoms with Gasteiger partial charge in [0.1, 0.15) is 12.3 Å². The lowest BCUT2D eigenvalue weighted by atomic mass is 10.1. The fourth-order valence-corrected chi connectivity index (χ4v) is 3.96. The molecule has 2 amide bonds. The number of nitro benzene ring substituents is 1. The van der Waals surface area contributed by atoms with Gasteiger partial charge in [0, 0.05) is 31.8 Å². The molecule has 178 valence electrons. The number of hydrogen-bond donors (Lipinski definition) is 0. The zero-order valence-electron chi connectivity index (χ0n) is 18.6. The Morgan fingerprint density at radius 3 is 2.70 bits per heavy atom. The first-order valence-corrected chi connectivity index (χ1v) is 11.4. The third-order valence-electron chi connectivity index (χ3n) is 5.52. The van der Waals surface area contributed by atoms with Crippen molar-refractivity contribution in [2.45, 2.75) is 45.3 Å². The van der Waals surface area contributed by atoms with Gasteiger partial charge >= 0.3 is 0 Å². The lowest BCUT2D eigenvalue weighted by molar-refractivity contribution is -0.384. The fraction of sp³-hybridized carbons (Fsp3) is 0.478. The van der Waals surface area contributed by atoms with E-state index in [1.807, 2.05) is 6.92 Å². The predicted octanol–water partition coefficient (Wildman–Crippen LogP) is 4.29. The summed E-state index contributed by atoms with van der Waals surface area (Å²) in [5, 5.41) is 11.0. The Labute approximate surface area is 197 Å². The summed E-state index contributed by atoms with van der Waals surface area (Å²) < 4.78 is 11.1. The minimum Gasteiger partial charge on any atom is -0.467 e. The normalized spacial score (nSPS) is 15.4. The van der Waals surface area contributed by atoms with Crippen LogP contribution in [0.25, 0.3) is 0 Å². The number of non-ortho nitro benzene ring substituents is 1. The van der Waals surface area contributed by atoms with Gasteiger partial charge in [-0.15, -0.1) is 0 Å². The number of amides is 2. The molecule has 3 rings (SSSR count). The Morgan fingerprint density at radius 2 is 2.09 bits per heavy atom. The monoisotopic (exact) mass is 477 g/mol. The number of carbonyl (C=O) groups is 2. The maximum absolute atomic E-state index is 13.3. The Hall–Kier alpha value is -2.91. The number of halogens is 1. The molecule has 1 aromatic heterocycles. The molecule has 0 radical (unpaired) electrons. The van der Waals surface area contributed by atoms with E-state index >= 15 is 0 Å². The summed E-state index contributed by atoms with van der Waals surface area (Å²) in [5.41, 5.74) is -0.0724. The van der Waals surface area contributed by atoms with E-state index in [2.05, 4.69) is 0 Å². The molecule has 1 saturated heterocycles. The molecule has 1 unspecified atom stereocenters. The Morgan fingerprint density at radius 1 is 1.27 bits per heavy atom. The van der Waals surface area contributed by atoms with Crippen molar-refractivity contribution < 1.29 is 23.7 Å². The second kappa shape index (κ2) is 11.8. The van der Waals surface area contributed by atoms with Gasteiger partial charge in [-0.05, 0) is 37.5 Å². The number of ether oxygens (including phenoxy) is 1. The van der Waals surface area contributed by atoms with Crippen LogP contribution in [0.3, 0.4) is 0 Å². The van der Waals surface area contributed by atoms with Gasteiger partial charge in [0.2, 0.25) is 5.91 Å². The molecule has 2 heterocycles. The van der Waals surface area contributed by atoms with Crippen LogP contribution in [0, 0.1) is 10.1 Å². The zero-order chi connectivity index (χ0) is 23.8. The number of rotatable bonds is 11. The summed E-state index contributed by atoms with van der Waals surface area (Å²) in [4.78, 5) is 40.0. The van der Waals surface area contributed by atoms with Crippen LogP contribution in [0.2, 0.25) is 5.02 Å². The quantitative estimate of drug-likeness (QED) is 0.353. The first kappa shape index (κ1) is 24.7. The van der Waals surface area contributed by atoms with Crippen LogP contribution in [0.4, 0.5) is 5.69 Å². The van der Waals surface area contributed by atoms with Crippen LogP contribution in [0.15, 0.2) is 41.0 Å². The van der Waals surface area contributed by atoms with Gasteiger partial charge < -0.3 is 19.0 Å². The molecular weight excluding hydrogens is 450 g/mol. The van der Waals surface area contributed by atoms with Crippen molar-refractivity contribution >= 4 is 29.1 Å². The highest BCUT2D eigenvalue weighted by atomic mass is 35.5.